The van der Waals surface area contributed by atoms with Gasteiger partial charge in [0.25, 0.3) is 0 Å². The van der Waals surface area contributed by atoms with E-state index in [2.05, 4.69) is 12.2 Å². The lowest BCUT2D eigenvalue weighted by molar-refractivity contribution is -0.671. The number of carbonyl (C=O) groups is 1. The molecule has 0 saturated carbocycles. The van der Waals surface area contributed by atoms with Crippen LogP contribution in [0.15, 0.2) is 42.7 Å². The van der Waals surface area contributed by atoms with E-state index >= 15 is 0 Å². The number of rotatable bonds is 14. The molecule has 30 heavy (non-hydrogen) atoms. The fourth-order valence-corrected chi connectivity index (χ4v) is 3.55. The highest BCUT2D eigenvalue weighted by Crippen LogP contribution is 2.26. The van der Waals surface area contributed by atoms with Crippen molar-refractivity contribution < 1.29 is 14.1 Å². The van der Waals surface area contributed by atoms with Gasteiger partial charge in [0.15, 0.2) is 12.4 Å². The lowest BCUT2D eigenvalue weighted by atomic mass is 10.1. The molecule has 1 N–H and O–H groups in total. The Hall–Kier alpha value is -2.07. The molecular formula is C25H36ClN2O2+. The fraction of sp³-hybridized carbons (Fsp3) is 0.520. The normalized spacial score (nSPS) is 10.8. The van der Waals surface area contributed by atoms with Crippen molar-refractivity contribution in [3.8, 4) is 5.75 Å². The SMILES string of the molecule is CCCCCCCCCCOc1ccc(CC(=O)NCc2cc[n+](C)cc2)cc1Cl. The molecule has 0 aliphatic rings. The molecule has 2 rings (SSSR count). The van der Waals surface area contributed by atoms with Gasteiger partial charge >= 0.3 is 0 Å². The third-order valence-corrected chi connectivity index (χ3v) is 5.45. The minimum absolute atomic E-state index is 0.0214. The van der Waals surface area contributed by atoms with Gasteiger partial charge in [0.2, 0.25) is 5.91 Å². The Morgan fingerprint density at radius 2 is 1.63 bits per heavy atom. The van der Waals surface area contributed by atoms with Crippen molar-refractivity contribution in [1.29, 1.82) is 0 Å². The Bertz CT molecular complexity index is 762. The van der Waals surface area contributed by atoms with Crippen molar-refractivity contribution in [3.05, 3.63) is 58.9 Å². The van der Waals surface area contributed by atoms with E-state index in [0.29, 0.717) is 30.3 Å². The van der Waals surface area contributed by atoms with Crippen molar-refractivity contribution >= 4 is 17.5 Å². The summed E-state index contributed by atoms with van der Waals surface area (Å²) < 4.78 is 7.79. The number of halogens is 1. The summed E-state index contributed by atoms with van der Waals surface area (Å²) in [4.78, 5) is 12.2. The minimum atomic E-state index is -0.0214. The lowest BCUT2D eigenvalue weighted by Gasteiger charge is -2.10. The van der Waals surface area contributed by atoms with Crippen LogP contribution in [0.5, 0.6) is 5.75 Å². The number of benzene rings is 1. The summed E-state index contributed by atoms with van der Waals surface area (Å²) in [6.07, 6.45) is 14.4. The summed E-state index contributed by atoms with van der Waals surface area (Å²) in [5, 5.41) is 3.51. The summed E-state index contributed by atoms with van der Waals surface area (Å²) in [7, 11) is 1.97. The van der Waals surface area contributed by atoms with Gasteiger partial charge in [0, 0.05) is 18.7 Å². The standard InChI is InChI=1S/C25H35ClN2O2/c1-3-4-5-6-7-8-9-10-17-30-24-12-11-22(18-23(24)26)19-25(29)27-20-21-13-15-28(2)16-14-21/h11-16,18H,3-10,17,19-20H2,1-2H3/p+1. The summed E-state index contributed by atoms with van der Waals surface area (Å²) in [5.74, 6) is 0.674. The lowest BCUT2D eigenvalue weighted by Crippen LogP contribution is -2.28. The van der Waals surface area contributed by atoms with Gasteiger partial charge in [-0.1, -0.05) is 69.5 Å². The zero-order valence-corrected chi connectivity index (χ0v) is 19.2. The molecule has 1 aromatic heterocycles. The number of pyridine rings is 1. The van der Waals surface area contributed by atoms with E-state index in [-0.39, 0.29) is 5.91 Å². The second kappa shape index (κ2) is 14.0. The van der Waals surface area contributed by atoms with Crippen LogP contribution in [0.4, 0.5) is 0 Å². The van der Waals surface area contributed by atoms with Crippen LogP contribution in [0.1, 0.15) is 69.4 Å². The number of amides is 1. The van der Waals surface area contributed by atoms with Gasteiger partial charge < -0.3 is 10.1 Å². The van der Waals surface area contributed by atoms with E-state index < -0.39 is 0 Å². The number of carbonyl (C=O) groups excluding carboxylic acids is 1. The molecule has 5 heteroatoms. The molecule has 0 aliphatic carbocycles. The molecule has 0 unspecified atom stereocenters. The van der Waals surface area contributed by atoms with Gasteiger partial charge in [-0.25, -0.2) is 4.57 Å². The highest BCUT2D eigenvalue weighted by Gasteiger charge is 2.08. The van der Waals surface area contributed by atoms with Gasteiger partial charge in [-0.15, -0.1) is 0 Å². The second-order valence-electron chi connectivity index (χ2n) is 7.91. The van der Waals surface area contributed by atoms with E-state index in [9.17, 15) is 4.79 Å². The van der Waals surface area contributed by atoms with E-state index in [4.69, 9.17) is 16.3 Å². The van der Waals surface area contributed by atoms with Crippen LogP contribution in [0.25, 0.3) is 0 Å². The molecule has 1 aromatic carbocycles. The summed E-state index contributed by atoms with van der Waals surface area (Å²) in [5.41, 5.74) is 1.96. The molecule has 0 radical (unpaired) electrons. The number of hydrogen-bond acceptors (Lipinski definition) is 2. The predicted octanol–water partition coefficient (Wildman–Crippen LogP) is 5.54. The molecule has 0 bridgehead atoms. The van der Waals surface area contributed by atoms with Gasteiger partial charge in [-0.2, -0.15) is 0 Å². The third kappa shape index (κ3) is 9.62. The molecule has 4 nitrogen and oxygen atoms in total. The quantitative estimate of drug-likeness (QED) is 0.315. The Morgan fingerprint density at radius 3 is 2.30 bits per heavy atom. The smallest absolute Gasteiger partial charge is 0.224 e. The molecule has 0 saturated heterocycles. The molecule has 0 fully saturated rings. The monoisotopic (exact) mass is 431 g/mol. The number of aromatic nitrogens is 1. The maximum atomic E-state index is 12.2. The van der Waals surface area contributed by atoms with Crippen molar-refractivity contribution in [2.45, 2.75) is 71.3 Å². The first-order chi connectivity index (χ1) is 14.6. The first-order valence-electron chi connectivity index (χ1n) is 11.2. The van der Waals surface area contributed by atoms with Gasteiger partial charge in [-0.3, -0.25) is 4.79 Å². The maximum Gasteiger partial charge on any atom is 0.224 e. The third-order valence-electron chi connectivity index (χ3n) is 5.15. The zero-order valence-electron chi connectivity index (χ0n) is 18.5. The Labute approximate surface area is 186 Å². The number of unbranched alkanes of at least 4 members (excludes halogenated alkanes) is 7. The van der Waals surface area contributed by atoms with Crippen molar-refractivity contribution in [3.63, 3.8) is 0 Å². The fourth-order valence-electron chi connectivity index (χ4n) is 3.29. The molecule has 2 aromatic rings. The molecular weight excluding hydrogens is 396 g/mol. The molecule has 1 heterocycles. The molecule has 1 amide bonds. The first-order valence-corrected chi connectivity index (χ1v) is 11.6. The van der Waals surface area contributed by atoms with Crippen LogP contribution < -0.4 is 14.6 Å². The number of hydrogen-bond donors (Lipinski definition) is 1. The molecule has 0 spiro atoms. The zero-order chi connectivity index (χ0) is 21.6. The summed E-state index contributed by atoms with van der Waals surface area (Å²) in [6, 6.07) is 9.60. The highest BCUT2D eigenvalue weighted by molar-refractivity contribution is 6.32. The first kappa shape index (κ1) is 24.2. The maximum absolute atomic E-state index is 12.2. The van der Waals surface area contributed by atoms with Gasteiger partial charge in [0.05, 0.1) is 18.1 Å². The largest absolute Gasteiger partial charge is 0.492 e. The average Bonchev–Trinajstić information content (AvgIpc) is 2.73. The van der Waals surface area contributed by atoms with Crippen LogP contribution in [-0.4, -0.2) is 12.5 Å². The molecule has 0 aliphatic heterocycles. The summed E-state index contributed by atoms with van der Waals surface area (Å²) in [6.45, 7) is 3.45. The summed E-state index contributed by atoms with van der Waals surface area (Å²) >= 11 is 6.35. The van der Waals surface area contributed by atoms with Crippen LogP contribution in [0.3, 0.4) is 0 Å². The van der Waals surface area contributed by atoms with Gasteiger partial charge in [0.1, 0.15) is 12.8 Å². The Morgan fingerprint density at radius 1 is 0.967 bits per heavy atom. The Balaban J connectivity index is 1.65. The van der Waals surface area contributed by atoms with Crippen LogP contribution in [0.2, 0.25) is 5.02 Å². The second-order valence-corrected chi connectivity index (χ2v) is 8.32. The predicted molar refractivity (Wildman–Crippen MR) is 123 cm³/mol. The molecule has 0 atom stereocenters. The van der Waals surface area contributed by atoms with E-state index in [1.165, 1.54) is 44.9 Å². The van der Waals surface area contributed by atoms with E-state index in [0.717, 1.165) is 17.5 Å². The number of aryl methyl sites for hydroxylation is 1. The van der Waals surface area contributed by atoms with Crippen LogP contribution >= 0.6 is 11.6 Å². The van der Waals surface area contributed by atoms with Gasteiger partial charge in [-0.05, 0) is 29.7 Å². The Kier molecular flexibility index (Phi) is 11.3. The van der Waals surface area contributed by atoms with Crippen LogP contribution in [0, 0.1) is 0 Å². The topological polar surface area (TPSA) is 42.2 Å². The molecule has 164 valence electrons. The number of ether oxygens (including phenoxy) is 1. The average molecular weight is 432 g/mol. The van der Waals surface area contributed by atoms with E-state index in [1.807, 2.05) is 54.3 Å². The minimum Gasteiger partial charge on any atom is -0.492 e. The number of nitrogens with zero attached hydrogens (tertiary/aromatic N) is 1. The van der Waals surface area contributed by atoms with Crippen molar-refractivity contribution in [2.24, 2.45) is 7.05 Å². The van der Waals surface area contributed by atoms with Crippen molar-refractivity contribution in [2.75, 3.05) is 6.61 Å². The highest BCUT2D eigenvalue weighted by atomic mass is 35.5. The van der Waals surface area contributed by atoms with E-state index in [1.54, 1.807) is 0 Å². The number of nitrogens with one attached hydrogen (secondary N) is 1. The van der Waals surface area contributed by atoms with Crippen LogP contribution in [-0.2, 0) is 24.8 Å². The van der Waals surface area contributed by atoms with Crippen molar-refractivity contribution in [1.82, 2.24) is 5.32 Å².